The smallest absolute Gasteiger partial charge is 0.310 e. The Labute approximate surface area is 192 Å². The Morgan fingerprint density at radius 3 is 2.88 bits per heavy atom. The maximum absolute atomic E-state index is 13.4. The molecule has 2 saturated heterocycles. The summed E-state index contributed by atoms with van der Waals surface area (Å²) < 4.78 is 15.0. The number of hydrogen-bond acceptors (Lipinski definition) is 8. The number of carbonyl (C=O) groups excluding carboxylic acids is 2. The molecule has 0 N–H and O–H groups in total. The van der Waals surface area contributed by atoms with Crippen LogP contribution in [-0.4, -0.2) is 65.5 Å². The molecule has 3 heterocycles. The highest BCUT2D eigenvalue weighted by atomic mass is 32.1. The minimum absolute atomic E-state index is 0.0843. The Morgan fingerprint density at radius 2 is 2.06 bits per heavy atom. The van der Waals surface area contributed by atoms with E-state index < -0.39 is 0 Å². The van der Waals surface area contributed by atoms with Crippen LogP contribution in [0, 0.1) is 5.92 Å². The number of rotatable bonds is 7. The molecule has 2 fully saturated rings. The van der Waals surface area contributed by atoms with Crippen LogP contribution in [0.15, 0.2) is 24.3 Å². The molecule has 2 aliphatic rings. The van der Waals surface area contributed by atoms with Crippen molar-refractivity contribution in [2.75, 3.05) is 38.3 Å². The maximum atomic E-state index is 13.4. The molecule has 1 amide bonds. The van der Waals surface area contributed by atoms with Gasteiger partial charge in [0.05, 0.1) is 19.6 Å². The van der Waals surface area contributed by atoms with Crippen molar-refractivity contribution >= 4 is 28.5 Å². The summed E-state index contributed by atoms with van der Waals surface area (Å²) in [5.41, 5.74) is 1.08. The van der Waals surface area contributed by atoms with Crippen molar-refractivity contribution in [1.29, 1.82) is 0 Å². The first-order valence-corrected chi connectivity index (χ1v) is 12.0. The lowest BCUT2D eigenvalue weighted by atomic mass is 9.97. The molecule has 1 aromatic heterocycles. The number of benzene rings is 1. The minimum atomic E-state index is -0.242. The number of amides is 1. The molecular weight excluding hydrogens is 428 g/mol. The number of carbonyl (C=O) groups is 2. The van der Waals surface area contributed by atoms with Crippen molar-refractivity contribution in [3.63, 3.8) is 0 Å². The average Bonchev–Trinajstić information content (AvgIpc) is 3.48. The van der Waals surface area contributed by atoms with E-state index in [1.807, 2.05) is 36.1 Å². The van der Waals surface area contributed by atoms with Crippen molar-refractivity contribution in [1.82, 2.24) is 14.3 Å². The molecule has 2 aromatic rings. The van der Waals surface area contributed by atoms with Gasteiger partial charge in [0.25, 0.3) is 0 Å². The molecule has 0 spiro atoms. The van der Waals surface area contributed by atoms with Gasteiger partial charge in [-0.1, -0.05) is 12.1 Å². The molecule has 1 aromatic carbocycles. The summed E-state index contributed by atoms with van der Waals surface area (Å²) in [7, 11) is 1.65. The van der Waals surface area contributed by atoms with Crippen molar-refractivity contribution in [2.45, 2.75) is 45.1 Å². The van der Waals surface area contributed by atoms with Crippen molar-refractivity contribution in [2.24, 2.45) is 5.92 Å². The van der Waals surface area contributed by atoms with Gasteiger partial charge in [0.15, 0.2) is 0 Å². The van der Waals surface area contributed by atoms with Crippen LogP contribution >= 0.6 is 11.5 Å². The quantitative estimate of drug-likeness (QED) is 0.590. The highest BCUT2D eigenvalue weighted by Crippen LogP contribution is 2.30. The lowest BCUT2D eigenvalue weighted by Gasteiger charge is -2.35. The molecule has 8 nitrogen and oxygen atoms in total. The van der Waals surface area contributed by atoms with Gasteiger partial charge in [-0.15, -0.1) is 0 Å². The van der Waals surface area contributed by atoms with Gasteiger partial charge in [0.2, 0.25) is 11.0 Å². The van der Waals surface area contributed by atoms with Crippen molar-refractivity contribution < 1.29 is 19.1 Å². The third-order valence-corrected chi connectivity index (χ3v) is 6.88. The summed E-state index contributed by atoms with van der Waals surface area (Å²) in [6.45, 7) is 4.11. The predicted octanol–water partition coefficient (Wildman–Crippen LogP) is 2.91. The molecule has 0 radical (unpaired) electrons. The van der Waals surface area contributed by atoms with E-state index in [0.717, 1.165) is 54.5 Å². The van der Waals surface area contributed by atoms with Crippen LogP contribution in [0.25, 0.3) is 0 Å². The third-order valence-electron chi connectivity index (χ3n) is 6.09. The second-order valence-electron chi connectivity index (χ2n) is 8.25. The van der Waals surface area contributed by atoms with Gasteiger partial charge < -0.3 is 19.3 Å². The molecule has 0 saturated carbocycles. The summed E-state index contributed by atoms with van der Waals surface area (Å²) in [6.07, 6.45) is 3.96. The molecule has 2 atom stereocenters. The number of hydrogen-bond donors (Lipinski definition) is 0. The van der Waals surface area contributed by atoms with Gasteiger partial charge in [0, 0.05) is 37.6 Å². The van der Waals surface area contributed by atoms with E-state index in [2.05, 4.69) is 9.27 Å². The molecule has 0 bridgehead atoms. The number of nitrogens with zero attached hydrogens (tertiary/aromatic N) is 4. The molecule has 4 rings (SSSR count). The number of esters is 1. The van der Waals surface area contributed by atoms with Crippen molar-refractivity contribution in [3.05, 3.63) is 35.7 Å². The first kappa shape index (κ1) is 22.5. The number of likely N-dealkylation sites (tertiary alicyclic amines) is 1. The molecule has 0 aliphatic carbocycles. The van der Waals surface area contributed by atoms with Gasteiger partial charge in [-0.3, -0.25) is 9.59 Å². The Bertz CT molecular complexity index is 950. The maximum Gasteiger partial charge on any atom is 0.310 e. The monoisotopic (exact) mass is 458 g/mol. The highest BCUT2D eigenvalue weighted by molar-refractivity contribution is 7.09. The van der Waals surface area contributed by atoms with Crippen LogP contribution in [0.5, 0.6) is 5.75 Å². The normalized spacial score (nSPS) is 20.9. The number of methoxy groups -OCH3 is 1. The Hall–Kier alpha value is -2.68. The van der Waals surface area contributed by atoms with E-state index in [1.54, 1.807) is 7.11 Å². The molecular formula is C23H30N4O4S. The summed E-state index contributed by atoms with van der Waals surface area (Å²) in [6, 6.07) is 7.64. The molecule has 2 aliphatic heterocycles. The van der Waals surface area contributed by atoms with E-state index in [1.165, 1.54) is 11.5 Å². The highest BCUT2D eigenvalue weighted by Gasteiger charge is 2.38. The van der Waals surface area contributed by atoms with Gasteiger partial charge in [0.1, 0.15) is 17.6 Å². The second kappa shape index (κ2) is 10.3. The van der Waals surface area contributed by atoms with Gasteiger partial charge in [-0.2, -0.15) is 4.37 Å². The van der Waals surface area contributed by atoms with Gasteiger partial charge >= 0.3 is 5.97 Å². The number of aromatic nitrogens is 2. The first-order chi connectivity index (χ1) is 15.6. The Morgan fingerprint density at radius 1 is 1.22 bits per heavy atom. The fourth-order valence-corrected chi connectivity index (χ4v) is 5.25. The van der Waals surface area contributed by atoms with E-state index >= 15 is 0 Å². The lowest BCUT2D eigenvalue weighted by molar-refractivity contribution is -0.151. The summed E-state index contributed by atoms with van der Waals surface area (Å²) in [5.74, 6) is 1.22. The second-order valence-corrected chi connectivity index (χ2v) is 8.98. The van der Waals surface area contributed by atoms with E-state index in [9.17, 15) is 9.59 Å². The summed E-state index contributed by atoms with van der Waals surface area (Å²) in [5, 5.41) is 0.790. The standard InChI is InChI=1S/C23H30N4O4S/c1-3-31-22(29)17-8-5-11-26(15-17)21(28)19-10-6-12-27(19)23-24-20(25-32-23)14-16-7-4-9-18(13-16)30-2/h4,7,9,13,17,19H,3,5-6,8,10-12,14-15H2,1-2H3. The van der Waals surface area contributed by atoms with Gasteiger partial charge in [-0.25, -0.2) is 4.98 Å². The largest absolute Gasteiger partial charge is 0.497 e. The Kier molecular flexibility index (Phi) is 7.24. The van der Waals surface area contributed by atoms with E-state index in [-0.39, 0.29) is 23.8 Å². The van der Waals surface area contributed by atoms with Crippen LogP contribution < -0.4 is 9.64 Å². The SMILES string of the molecule is CCOC(=O)C1CCCN(C(=O)C2CCCN2c2nc(Cc3cccc(OC)c3)ns2)C1. The third kappa shape index (κ3) is 5.03. The van der Waals surface area contributed by atoms with Gasteiger partial charge in [-0.05, 0) is 50.3 Å². The zero-order chi connectivity index (χ0) is 22.5. The minimum Gasteiger partial charge on any atom is -0.497 e. The van der Waals surface area contributed by atoms with Crippen LogP contribution in [-0.2, 0) is 20.7 Å². The summed E-state index contributed by atoms with van der Waals surface area (Å²) in [4.78, 5) is 34.2. The van der Waals surface area contributed by atoms with Crippen LogP contribution in [0.1, 0.15) is 44.0 Å². The lowest BCUT2D eigenvalue weighted by Crippen LogP contribution is -2.50. The zero-order valence-corrected chi connectivity index (χ0v) is 19.5. The van der Waals surface area contributed by atoms with Crippen molar-refractivity contribution in [3.8, 4) is 5.75 Å². The van der Waals surface area contributed by atoms with E-state index in [4.69, 9.17) is 14.5 Å². The number of piperidine rings is 1. The van der Waals surface area contributed by atoms with Crippen LogP contribution in [0.3, 0.4) is 0 Å². The predicted molar refractivity (Wildman–Crippen MR) is 122 cm³/mol. The van der Waals surface area contributed by atoms with Crippen LogP contribution in [0.2, 0.25) is 0 Å². The molecule has 32 heavy (non-hydrogen) atoms. The average molecular weight is 459 g/mol. The summed E-state index contributed by atoms with van der Waals surface area (Å²) >= 11 is 1.34. The fourth-order valence-electron chi connectivity index (χ4n) is 4.49. The Balaban J connectivity index is 1.42. The number of anilines is 1. The zero-order valence-electron chi connectivity index (χ0n) is 18.7. The first-order valence-electron chi connectivity index (χ1n) is 11.3. The molecule has 9 heteroatoms. The molecule has 172 valence electrons. The van der Waals surface area contributed by atoms with Crippen LogP contribution in [0.4, 0.5) is 5.13 Å². The molecule has 2 unspecified atom stereocenters. The topological polar surface area (TPSA) is 84.9 Å². The number of ether oxygens (including phenoxy) is 2. The fraction of sp³-hybridized carbons (Fsp3) is 0.565. The van der Waals surface area contributed by atoms with E-state index in [0.29, 0.717) is 26.1 Å².